The van der Waals surface area contributed by atoms with Crippen LogP contribution < -0.4 is 4.74 Å². The Morgan fingerprint density at radius 1 is 1.35 bits per heavy atom. The molecule has 1 N–H and O–H groups in total. The molecule has 1 aromatic heterocycles. The minimum atomic E-state index is -0.822. The lowest BCUT2D eigenvalue weighted by molar-refractivity contribution is -0.133. The van der Waals surface area contributed by atoms with Gasteiger partial charge in [0.1, 0.15) is 0 Å². The number of nitrogens with zero attached hydrogens (tertiary/aromatic N) is 3. The summed E-state index contributed by atoms with van der Waals surface area (Å²) >= 11 is 0. The fourth-order valence-corrected chi connectivity index (χ4v) is 3.79. The van der Waals surface area contributed by atoms with Gasteiger partial charge in [-0.25, -0.2) is 4.98 Å². The van der Waals surface area contributed by atoms with Gasteiger partial charge in [0.15, 0.2) is 0 Å². The predicted molar refractivity (Wildman–Crippen MR) is 97.3 cm³/mol. The van der Waals surface area contributed by atoms with Gasteiger partial charge in [0.25, 0.3) is 5.91 Å². The fraction of sp³-hybridized carbons (Fsp3) is 0.684. The van der Waals surface area contributed by atoms with E-state index in [1.165, 1.54) is 7.11 Å². The van der Waals surface area contributed by atoms with Crippen molar-refractivity contribution in [2.45, 2.75) is 25.9 Å². The van der Waals surface area contributed by atoms with Crippen LogP contribution in [0.2, 0.25) is 0 Å². The van der Waals surface area contributed by atoms with E-state index in [0.29, 0.717) is 50.7 Å². The van der Waals surface area contributed by atoms with Crippen LogP contribution in [-0.2, 0) is 4.74 Å². The highest BCUT2D eigenvalue weighted by Crippen LogP contribution is 2.39. The maximum Gasteiger partial charge on any atom is 0.254 e. The molecule has 1 unspecified atom stereocenters. The number of pyridine rings is 1. The number of methoxy groups -OCH3 is 1. The molecule has 7 nitrogen and oxygen atoms in total. The van der Waals surface area contributed by atoms with Crippen LogP contribution in [-0.4, -0.2) is 84.4 Å². The standard InChI is InChI=1S/C19H29N3O4/c1-18(2)13-22(17(23)15-4-6-20-16(12-15)25-3)7-5-19(18,24)14-21-8-10-26-11-9-21/h4,6,12,24H,5,7-11,13-14H2,1-3H3. The van der Waals surface area contributed by atoms with Crippen molar-refractivity contribution in [3.05, 3.63) is 23.9 Å². The van der Waals surface area contributed by atoms with E-state index in [9.17, 15) is 9.90 Å². The van der Waals surface area contributed by atoms with Gasteiger partial charge in [0.05, 0.1) is 25.9 Å². The summed E-state index contributed by atoms with van der Waals surface area (Å²) in [4.78, 5) is 21.0. The van der Waals surface area contributed by atoms with Crippen molar-refractivity contribution in [2.24, 2.45) is 5.41 Å². The van der Waals surface area contributed by atoms with Gasteiger partial charge in [-0.1, -0.05) is 13.8 Å². The molecule has 0 bridgehead atoms. The Bertz CT molecular complexity index is 645. The van der Waals surface area contributed by atoms with E-state index >= 15 is 0 Å². The van der Waals surface area contributed by atoms with E-state index in [0.717, 1.165) is 13.1 Å². The Morgan fingerprint density at radius 2 is 2.08 bits per heavy atom. The number of piperidine rings is 1. The van der Waals surface area contributed by atoms with Crippen LogP contribution in [0.25, 0.3) is 0 Å². The van der Waals surface area contributed by atoms with E-state index < -0.39 is 11.0 Å². The van der Waals surface area contributed by atoms with Crippen molar-refractivity contribution in [2.75, 3.05) is 53.0 Å². The molecule has 0 aromatic carbocycles. The summed E-state index contributed by atoms with van der Waals surface area (Å²) in [6.45, 7) is 8.87. The zero-order valence-electron chi connectivity index (χ0n) is 15.9. The highest BCUT2D eigenvalue weighted by atomic mass is 16.5. The SMILES string of the molecule is COc1cc(C(=O)N2CCC(O)(CN3CCOCC3)C(C)(C)C2)ccn1. The van der Waals surface area contributed by atoms with Gasteiger partial charge in [-0.3, -0.25) is 9.69 Å². The van der Waals surface area contributed by atoms with Crippen molar-refractivity contribution in [3.8, 4) is 5.88 Å². The van der Waals surface area contributed by atoms with Gasteiger partial charge >= 0.3 is 0 Å². The van der Waals surface area contributed by atoms with Crippen LogP contribution >= 0.6 is 0 Å². The molecule has 1 aromatic rings. The second-order valence-corrected chi connectivity index (χ2v) is 7.87. The van der Waals surface area contributed by atoms with Crippen LogP contribution in [0.15, 0.2) is 18.3 Å². The van der Waals surface area contributed by atoms with Gasteiger partial charge < -0.3 is 19.5 Å². The first-order valence-electron chi connectivity index (χ1n) is 9.16. The van der Waals surface area contributed by atoms with E-state index in [1.54, 1.807) is 18.3 Å². The van der Waals surface area contributed by atoms with Gasteiger partial charge in [0.2, 0.25) is 5.88 Å². The molecule has 144 valence electrons. The molecule has 1 amide bonds. The number of hydrogen-bond donors (Lipinski definition) is 1. The lowest BCUT2D eigenvalue weighted by atomic mass is 9.69. The van der Waals surface area contributed by atoms with Gasteiger partial charge in [0, 0.05) is 56.0 Å². The molecule has 0 spiro atoms. The molecule has 1 atom stereocenters. The normalized spacial score (nSPS) is 26.5. The van der Waals surface area contributed by atoms with Crippen molar-refractivity contribution in [1.82, 2.24) is 14.8 Å². The molecule has 2 aliphatic heterocycles. The predicted octanol–water partition coefficient (Wildman–Crippen LogP) is 1.03. The number of ether oxygens (including phenoxy) is 2. The van der Waals surface area contributed by atoms with E-state index in [1.807, 2.05) is 18.7 Å². The first kappa shape index (κ1) is 19.1. The van der Waals surface area contributed by atoms with Crippen molar-refractivity contribution < 1.29 is 19.4 Å². The number of β-amino-alcohol motifs (C(OH)–C–C–N with tert-alkyl or cyclic N) is 1. The summed E-state index contributed by atoms with van der Waals surface area (Å²) in [6.07, 6.45) is 2.14. The average molecular weight is 363 g/mol. The quantitative estimate of drug-likeness (QED) is 0.861. The minimum absolute atomic E-state index is 0.0489. The third-order valence-corrected chi connectivity index (χ3v) is 5.71. The van der Waals surface area contributed by atoms with Crippen LogP contribution in [0.4, 0.5) is 0 Å². The molecule has 2 saturated heterocycles. The summed E-state index contributed by atoms with van der Waals surface area (Å²) in [5, 5.41) is 11.4. The Morgan fingerprint density at radius 3 is 2.73 bits per heavy atom. The summed E-state index contributed by atoms with van der Waals surface area (Å²) in [7, 11) is 1.53. The largest absolute Gasteiger partial charge is 0.481 e. The number of rotatable bonds is 4. The highest BCUT2D eigenvalue weighted by Gasteiger charge is 2.49. The molecule has 0 radical (unpaired) electrons. The first-order chi connectivity index (χ1) is 12.3. The number of aromatic nitrogens is 1. The number of aliphatic hydroxyl groups is 1. The Hall–Kier alpha value is -1.70. The van der Waals surface area contributed by atoms with Crippen molar-refractivity contribution in [3.63, 3.8) is 0 Å². The number of carbonyl (C=O) groups is 1. The Balaban J connectivity index is 1.69. The molecule has 2 aliphatic rings. The maximum atomic E-state index is 12.9. The van der Waals surface area contributed by atoms with Crippen molar-refractivity contribution in [1.29, 1.82) is 0 Å². The second-order valence-electron chi connectivity index (χ2n) is 7.87. The summed E-state index contributed by atoms with van der Waals surface area (Å²) in [5.74, 6) is 0.378. The molecule has 3 rings (SSSR count). The zero-order chi connectivity index (χ0) is 18.8. The number of amides is 1. The maximum absolute atomic E-state index is 12.9. The van der Waals surface area contributed by atoms with Crippen LogP contribution in [0.3, 0.4) is 0 Å². The van der Waals surface area contributed by atoms with Crippen LogP contribution in [0.1, 0.15) is 30.6 Å². The molecule has 2 fully saturated rings. The molecule has 26 heavy (non-hydrogen) atoms. The zero-order valence-corrected chi connectivity index (χ0v) is 15.9. The molecule has 0 saturated carbocycles. The Labute approximate surface area is 154 Å². The van der Waals surface area contributed by atoms with E-state index in [2.05, 4.69) is 9.88 Å². The number of morpholine rings is 1. The molecule has 3 heterocycles. The van der Waals surface area contributed by atoms with E-state index in [4.69, 9.17) is 9.47 Å². The molecule has 0 aliphatic carbocycles. The molecular formula is C19H29N3O4. The molecule has 7 heteroatoms. The highest BCUT2D eigenvalue weighted by molar-refractivity contribution is 5.94. The van der Waals surface area contributed by atoms with Gasteiger partial charge in [-0.2, -0.15) is 0 Å². The topological polar surface area (TPSA) is 75.1 Å². The average Bonchev–Trinajstić information content (AvgIpc) is 2.64. The lowest BCUT2D eigenvalue weighted by Gasteiger charge is -2.52. The summed E-state index contributed by atoms with van der Waals surface area (Å²) in [6, 6.07) is 3.36. The molecular weight excluding hydrogens is 334 g/mol. The smallest absolute Gasteiger partial charge is 0.254 e. The Kier molecular flexibility index (Phi) is 5.50. The number of hydrogen-bond acceptors (Lipinski definition) is 6. The summed E-state index contributed by atoms with van der Waals surface area (Å²) in [5.41, 5.74) is -0.667. The first-order valence-corrected chi connectivity index (χ1v) is 9.16. The van der Waals surface area contributed by atoms with Gasteiger partial charge in [-0.15, -0.1) is 0 Å². The number of likely N-dealkylation sites (tertiary alicyclic amines) is 1. The minimum Gasteiger partial charge on any atom is -0.481 e. The summed E-state index contributed by atoms with van der Waals surface area (Å²) < 4.78 is 10.5. The van der Waals surface area contributed by atoms with Crippen LogP contribution in [0.5, 0.6) is 5.88 Å². The lowest BCUT2D eigenvalue weighted by Crippen LogP contribution is -2.63. The fourth-order valence-electron chi connectivity index (χ4n) is 3.79. The van der Waals surface area contributed by atoms with Crippen molar-refractivity contribution >= 4 is 5.91 Å². The van der Waals surface area contributed by atoms with E-state index in [-0.39, 0.29) is 5.91 Å². The monoisotopic (exact) mass is 363 g/mol. The third-order valence-electron chi connectivity index (χ3n) is 5.71. The van der Waals surface area contributed by atoms with Gasteiger partial charge in [-0.05, 0) is 12.5 Å². The van der Waals surface area contributed by atoms with Crippen LogP contribution in [0, 0.1) is 5.41 Å². The number of carbonyl (C=O) groups excluding carboxylic acids is 1. The second kappa shape index (κ2) is 7.50. The third kappa shape index (κ3) is 3.84.